The van der Waals surface area contributed by atoms with Crippen LogP contribution >= 0.6 is 0 Å². The first-order valence-corrected chi connectivity index (χ1v) is 7.77. The first-order valence-electron chi connectivity index (χ1n) is 7.77. The molecule has 24 heavy (non-hydrogen) atoms. The molecule has 0 saturated carbocycles. The van der Waals surface area contributed by atoms with Crippen LogP contribution in [0.25, 0.3) is 0 Å². The van der Waals surface area contributed by atoms with Gasteiger partial charge in [-0.1, -0.05) is 0 Å². The van der Waals surface area contributed by atoms with Gasteiger partial charge in [-0.3, -0.25) is 9.59 Å². The molecule has 4 N–H and O–H groups in total. The summed E-state index contributed by atoms with van der Waals surface area (Å²) in [6.45, 7) is 0.806. The minimum atomic E-state index is -0.481. The smallest absolute Gasteiger partial charge is 0.253 e. The average molecular weight is 337 g/mol. The van der Waals surface area contributed by atoms with E-state index in [-0.39, 0.29) is 24.8 Å². The number of hydrogen-bond acceptors (Lipinski definition) is 6. The Balaban J connectivity index is 2.27. The third kappa shape index (κ3) is 4.36. The predicted molar refractivity (Wildman–Crippen MR) is 89.5 cm³/mol. The summed E-state index contributed by atoms with van der Waals surface area (Å²) in [6, 6.07) is 3.20. The number of rotatable bonds is 7. The van der Waals surface area contributed by atoms with Crippen LogP contribution in [0.15, 0.2) is 12.1 Å². The van der Waals surface area contributed by atoms with Crippen molar-refractivity contribution in [2.75, 3.05) is 38.0 Å². The second-order valence-corrected chi connectivity index (χ2v) is 5.33. The van der Waals surface area contributed by atoms with Crippen LogP contribution < -0.4 is 25.8 Å². The van der Waals surface area contributed by atoms with Gasteiger partial charge in [0, 0.05) is 31.7 Å². The molecule has 0 bridgehead atoms. The molecule has 1 heterocycles. The molecule has 1 aromatic rings. The summed E-state index contributed by atoms with van der Waals surface area (Å²) in [7, 11) is 2.99. The highest BCUT2D eigenvalue weighted by molar-refractivity contribution is 6.01. The van der Waals surface area contributed by atoms with Crippen molar-refractivity contribution < 1.29 is 23.8 Å². The zero-order chi connectivity index (χ0) is 17.5. The van der Waals surface area contributed by atoms with E-state index in [0.29, 0.717) is 35.9 Å². The number of anilines is 2. The lowest BCUT2D eigenvalue weighted by molar-refractivity contribution is -0.124. The predicted octanol–water partition coefficient (Wildman–Crippen LogP) is 1.11. The number of nitrogens with two attached hydrogens (primary N) is 1. The minimum Gasteiger partial charge on any atom is -0.493 e. The fourth-order valence-corrected chi connectivity index (χ4v) is 2.43. The molecule has 0 spiro atoms. The molecule has 2 rings (SSSR count). The highest BCUT2D eigenvalue weighted by Gasteiger charge is 2.25. The number of carbonyl (C=O) groups is 2. The summed E-state index contributed by atoms with van der Waals surface area (Å²) in [5.41, 5.74) is 6.22. The summed E-state index contributed by atoms with van der Waals surface area (Å²) < 4.78 is 15.9. The van der Waals surface area contributed by atoms with Crippen molar-refractivity contribution in [2.24, 2.45) is 5.73 Å². The first-order chi connectivity index (χ1) is 11.6. The molecule has 0 aromatic heterocycles. The molecule has 132 valence electrons. The van der Waals surface area contributed by atoms with Crippen LogP contribution in [0.2, 0.25) is 0 Å². The topological polar surface area (TPSA) is 112 Å². The Hall–Kier alpha value is -2.32. The number of ether oxygens (including phenoxy) is 3. The number of hydrogen-bond donors (Lipinski definition) is 3. The highest BCUT2D eigenvalue weighted by Crippen LogP contribution is 2.36. The molecular formula is C16H23N3O5. The Bertz CT molecular complexity index is 600. The highest BCUT2D eigenvalue weighted by atomic mass is 16.5. The molecule has 8 nitrogen and oxygen atoms in total. The van der Waals surface area contributed by atoms with E-state index in [1.807, 2.05) is 0 Å². The van der Waals surface area contributed by atoms with Crippen LogP contribution in [0.4, 0.5) is 11.4 Å². The van der Waals surface area contributed by atoms with E-state index in [9.17, 15) is 9.59 Å². The molecule has 0 radical (unpaired) electrons. The maximum absolute atomic E-state index is 12.3. The molecule has 1 atom stereocenters. The maximum atomic E-state index is 12.3. The summed E-state index contributed by atoms with van der Waals surface area (Å²) in [5, 5.41) is 5.50. The second-order valence-electron chi connectivity index (χ2n) is 5.33. The van der Waals surface area contributed by atoms with E-state index >= 15 is 0 Å². The van der Waals surface area contributed by atoms with Crippen LogP contribution in [-0.4, -0.2) is 45.3 Å². The van der Waals surface area contributed by atoms with E-state index in [0.717, 1.165) is 6.42 Å². The monoisotopic (exact) mass is 337 g/mol. The van der Waals surface area contributed by atoms with Gasteiger partial charge in [-0.25, -0.2) is 0 Å². The van der Waals surface area contributed by atoms with Gasteiger partial charge >= 0.3 is 0 Å². The number of amides is 2. The number of carbonyl (C=O) groups excluding carboxylic acids is 2. The van der Waals surface area contributed by atoms with Crippen LogP contribution in [0.1, 0.15) is 19.3 Å². The van der Waals surface area contributed by atoms with E-state index < -0.39 is 6.10 Å². The van der Waals surface area contributed by atoms with Gasteiger partial charge in [-0.2, -0.15) is 0 Å². The molecule has 2 amide bonds. The van der Waals surface area contributed by atoms with Gasteiger partial charge in [-0.15, -0.1) is 0 Å². The zero-order valence-corrected chi connectivity index (χ0v) is 13.9. The third-order valence-corrected chi connectivity index (χ3v) is 3.65. The van der Waals surface area contributed by atoms with Gasteiger partial charge < -0.3 is 30.6 Å². The van der Waals surface area contributed by atoms with Crippen LogP contribution in [-0.2, 0) is 14.3 Å². The number of nitrogens with one attached hydrogen (secondary N) is 2. The first kappa shape index (κ1) is 18.0. The summed E-state index contributed by atoms with van der Waals surface area (Å²) in [4.78, 5) is 24.2. The average Bonchev–Trinajstić information content (AvgIpc) is 3.10. The van der Waals surface area contributed by atoms with Crippen molar-refractivity contribution in [1.29, 1.82) is 0 Å². The molecule has 1 aliphatic rings. The Morgan fingerprint density at radius 2 is 1.83 bits per heavy atom. The Morgan fingerprint density at radius 3 is 2.33 bits per heavy atom. The van der Waals surface area contributed by atoms with Crippen molar-refractivity contribution in [3.63, 3.8) is 0 Å². The van der Waals surface area contributed by atoms with Gasteiger partial charge in [0.25, 0.3) is 5.91 Å². The maximum Gasteiger partial charge on any atom is 0.253 e. The van der Waals surface area contributed by atoms with Crippen molar-refractivity contribution in [1.82, 2.24) is 0 Å². The van der Waals surface area contributed by atoms with E-state index in [2.05, 4.69) is 10.6 Å². The molecule has 8 heteroatoms. The lowest BCUT2D eigenvalue weighted by atomic mass is 10.2. The van der Waals surface area contributed by atoms with Gasteiger partial charge in [0.2, 0.25) is 5.91 Å². The van der Waals surface area contributed by atoms with Gasteiger partial charge in [-0.05, 0) is 12.8 Å². The normalized spacial score (nSPS) is 16.5. The minimum absolute atomic E-state index is 0.174. The van der Waals surface area contributed by atoms with Crippen molar-refractivity contribution in [3.05, 3.63) is 12.1 Å². The fourth-order valence-electron chi connectivity index (χ4n) is 2.43. The third-order valence-electron chi connectivity index (χ3n) is 3.65. The summed E-state index contributed by atoms with van der Waals surface area (Å²) in [6.07, 6.45) is 1.22. The SMILES string of the molecule is COc1cc(NC(=O)CCN)c(NC(=O)C2CCCO2)cc1OC. The van der Waals surface area contributed by atoms with Gasteiger partial charge in [0.1, 0.15) is 6.10 Å². The molecule has 1 fully saturated rings. The summed E-state index contributed by atoms with van der Waals surface area (Å²) >= 11 is 0. The van der Waals surface area contributed by atoms with Gasteiger partial charge in [0.05, 0.1) is 25.6 Å². The van der Waals surface area contributed by atoms with Crippen molar-refractivity contribution in [3.8, 4) is 11.5 Å². The Morgan fingerprint density at radius 1 is 1.21 bits per heavy atom. The number of benzene rings is 1. The Labute approximate surface area is 140 Å². The standard InChI is InChI=1S/C16H23N3O5/c1-22-13-8-10(18-15(20)5-6-17)11(9-14(13)23-2)19-16(21)12-4-3-7-24-12/h8-9,12H,3-7,17H2,1-2H3,(H,18,20)(H,19,21). The van der Waals surface area contributed by atoms with E-state index in [1.54, 1.807) is 12.1 Å². The molecule has 0 aliphatic carbocycles. The molecule has 1 aliphatic heterocycles. The van der Waals surface area contributed by atoms with Crippen LogP contribution in [0.3, 0.4) is 0 Å². The van der Waals surface area contributed by atoms with Crippen LogP contribution in [0, 0.1) is 0 Å². The lowest BCUT2D eigenvalue weighted by Gasteiger charge is -2.17. The lowest BCUT2D eigenvalue weighted by Crippen LogP contribution is -2.27. The Kier molecular flexibility index (Phi) is 6.39. The molecule has 1 aromatic carbocycles. The fraction of sp³-hybridized carbons (Fsp3) is 0.500. The molecule has 1 unspecified atom stereocenters. The molecular weight excluding hydrogens is 314 g/mol. The zero-order valence-electron chi connectivity index (χ0n) is 13.9. The number of methoxy groups -OCH3 is 2. The van der Waals surface area contributed by atoms with Crippen LogP contribution in [0.5, 0.6) is 11.5 Å². The summed E-state index contributed by atoms with van der Waals surface area (Å²) in [5.74, 6) is 0.374. The largest absolute Gasteiger partial charge is 0.493 e. The molecule has 1 saturated heterocycles. The van der Waals surface area contributed by atoms with Crippen molar-refractivity contribution in [2.45, 2.75) is 25.4 Å². The van der Waals surface area contributed by atoms with E-state index in [4.69, 9.17) is 19.9 Å². The quantitative estimate of drug-likeness (QED) is 0.687. The van der Waals surface area contributed by atoms with E-state index in [1.165, 1.54) is 14.2 Å². The van der Waals surface area contributed by atoms with Gasteiger partial charge in [0.15, 0.2) is 11.5 Å². The second kappa shape index (κ2) is 8.51. The van der Waals surface area contributed by atoms with Crippen molar-refractivity contribution >= 4 is 23.2 Å².